The molecular formula is C12H18O2. The monoisotopic (exact) mass is 194 g/mol. The molecule has 0 N–H and O–H groups in total. The number of hydrogen-bond acceptors (Lipinski definition) is 2. The van der Waals surface area contributed by atoms with E-state index in [-0.39, 0.29) is 0 Å². The van der Waals surface area contributed by atoms with Crippen LogP contribution in [0.3, 0.4) is 0 Å². The first-order valence-corrected chi connectivity index (χ1v) is 5.49. The first kappa shape index (κ1) is 9.63. The van der Waals surface area contributed by atoms with E-state index in [4.69, 9.17) is 9.47 Å². The SMILES string of the molecule is C[C@H]1CCC=C(C2=CCC[C@H](C)O2)O1. The van der Waals surface area contributed by atoms with E-state index in [1.165, 1.54) is 0 Å². The highest BCUT2D eigenvalue weighted by molar-refractivity contribution is 5.23. The van der Waals surface area contributed by atoms with Gasteiger partial charge in [-0.2, -0.15) is 0 Å². The van der Waals surface area contributed by atoms with Crippen molar-refractivity contribution in [3.8, 4) is 0 Å². The zero-order valence-corrected chi connectivity index (χ0v) is 8.95. The molecule has 0 aromatic heterocycles. The van der Waals surface area contributed by atoms with Crippen molar-refractivity contribution in [3.63, 3.8) is 0 Å². The van der Waals surface area contributed by atoms with Crippen LogP contribution in [0.15, 0.2) is 23.7 Å². The van der Waals surface area contributed by atoms with Gasteiger partial charge in [0.15, 0.2) is 11.5 Å². The maximum Gasteiger partial charge on any atom is 0.157 e. The van der Waals surface area contributed by atoms with E-state index in [1.807, 2.05) is 0 Å². The van der Waals surface area contributed by atoms with Crippen LogP contribution >= 0.6 is 0 Å². The third-order valence-electron chi connectivity index (χ3n) is 2.71. The molecule has 0 aromatic rings. The molecule has 2 heterocycles. The first-order chi connectivity index (χ1) is 6.75. The highest BCUT2D eigenvalue weighted by Crippen LogP contribution is 2.27. The zero-order valence-electron chi connectivity index (χ0n) is 8.95. The summed E-state index contributed by atoms with van der Waals surface area (Å²) in [6, 6.07) is 0. The molecule has 0 unspecified atom stereocenters. The summed E-state index contributed by atoms with van der Waals surface area (Å²) in [5.41, 5.74) is 0. The lowest BCUT2D eigenvalue weighted by molar-refractivity contribution is 0.0570. The molecule has 0 saturated carbocycles. The summed E-state index contributed by atoms with van der Waals surface area (Å²) in [5.74, 6) is 1.91. The summed E-state index contributed by atoms with van der Waals surface area (Å²) in [6.07, 6.45) is 9.39. The molecule has 2 aliphatic rings. The minimum Gasteiger partial charge on any atom is -0.487 e. The van der Waals surface area contributed by atoms with Crippen LogP contribution in [0, 0.1) is 0 Å². The molecule has 2 rings (SSSR count). The van der Waals surface area contributed by atoms with Gasteiger partial charge in [-0.05, 0) is 51.7 Å². The van der Waals surface area contributed by atoms with Crippen LogP contribution in [0.5, 0.6) is 0 Å². The minimum atomic E-state index is 0.330. The van der Waals surface area contributed by atoms with Crippen molar-refractivity contribution in [3.05, 3.63) is 23.7 Å². The smallest absolute Gasteiger partial charge is 0.157 e. The van der Waals surface area contributed by atoms with Gasteiger partial charge in [0.05, 0.1) is 12.2 Å². The van der Waals surface area contributed by atoms with Gasteiger partial charge < -0.3 is 9.47 Å². The summed E-state index contributed by atoms with van der Waals surface area (Å²) in [7, 11) is 0. The third kappa shape index (κ3) is 2.11. The molecule has 0 aromatic carbocycles. The lowest BCUT2D eigenvalue weighted by Gasteiger charge is -2.27. The Morgan fingerprint density at radius 2 is 1.36 bits per heavy atom. The maximum absolute atomic E-state index is 5.74. The van der Waals surface area contributed by atoms with E-state index in [9.17, 15) is 0 Å². The highest BCUT2D eigenvalue weighted by atomic mass is 16.5. The van der Waals surface area contributed by atoms with Crippen molar-refractivity contribution >= 4 is 0 Å². The molecule has 0 saturated heterocycles. The van der Waals surface area contributed by atoms with Gasteiger partial charge in [-0.3, -0.25) is 0 Å². The molecule has 2 atom stereocenters. The van der Waals surface area contributed by atoms with Crippen molar-refractivity contribution < 1.29 is 9.47 Å². The number of ether oxygens (including phenoxy) is 2. The Bertz CT molecular complexity index is 237. The van der Waals surface area contributed by atoms with Gasteiger partial charge in [0.1, 0.15) is 0 Å². The Balaban J connectivity index is 2.07. The molecule has 0 bridgehead atoms. The standard InChI is InChI=1S/C12H18O2/c1-9-5-3-7-11(13-9)12-8-4-6-10(2)14-12/h7-10H,3-6H2,1-2H3/t9-,10-/m0/s1. The van der Waals surface area contributed by atoms with Crippen molar-refractivity contribution in [2.24, 2.45) is 0 Å². The second-order valence-electron chi connectivity index (χ2n) is 4.15. The molecule has 0 fully saturated rings. The van der Waals surface area contributed by atoms with Crippen molar-refractivity contribution in [1.29, 1.82) is 0 Å². The van der Waals surface area contributed by atoms with Gasteiger partial charge in [-0.25, -0.2) is 0 Å². The van der Waals surface area contributed by atoms with Crippen LogP contribution < -0.4 is 0 Å². The van der Waals surface area contributed by atoms with Gasteiger partial charge in [0.2, 0.25) is 0 Å². The highest BCUT2D eigenvalue weighted by Gasteiger charge is 2.20. The van der Waals surface area contributed by atoms with Crippen LogP contribution in [0.4, 0.5) is 0 Å². The molecule has 2 heteroatoms. The van der Waals surface area contributed by atoms with E-state index in [1.54, 1.807) is 0 Å². The molecule has 14 heavy (non-hydrogen) atoms. The second kappa shape index (κ2) is 4.07. The second-order valence-corrected chi connectivity index (χ2v) is 4.15. The van der Waals surface area contributed by atoms with E-state index in [0.29, 0.717) is 12.2 Å². The van der Waals surface area contributed by atoms with E-state index < -0.39 is 0 Å². The molecule has 78 valence electrons. The normalized spacial score (nSPS) is 32.4. The number of allylic oxidation sites excluding steroid dienone is 2. The maximum atomic E-state index is 5.74. The Morgan fingerprint density at radius 1 is 0.929 bits per heavy atom. The minimum absolute atomic E-state index is 0.330. The first-order valence-electron chi connectivity index (χ1n) is 5.49. The number of hydrogen-bond donors (Lipinski definition) is 0. The molecule has 2 aliphatic heterocycles. The fourth-order valence-corrected chi connectivity index (χ4v) is 1.86. The van der Waals surface area contributed by atoms with Crippen molar-refractivity contribution in [2.75, 3.05) is 0 Å². The zero-order chi connectivity index (χ0) is 9.97. The summed E-state index contributed by atoms with van der Waals surface area (Å²) in [5, 5.41) is 0. The molecule has 2 nitrogen and oxygen atoms in total. The molecular weight excluding hydrogens is 176 g/mol. The summed E-state index contributed by atoms with van der Waals surface area (Å²) < 4.78 is 11.5. The van der Waals surface area contributed by atoms with Crippen LogP contribution in [-0.4, -0.2) is 12.2 Å². The topological polar surface area (TPSA) is 18.5 Å². The molecule has 0 spiro atoms. The van der Waals surface area contributed by atoms with Crippen LogP contribution in [-0.2, 0) is 9.47 Å². The fraction of sp³-hybridized carbons (Fsp3) is 0.667. The van der Waals surface area contributed by atoms with Crippen LogP contribution in [0.1, 0.15) is 39.5 Å². The number of rotatable bonds is 1. The van der Waals surface area contributed by atoms with E-state index in [2.05, 4.69) is 26.0 Å². The summed E-state index contributed by atoms with van der Waals surface area (Å²) in [4.78, 5) is 0. The molecule has 0 amide bonds. The quantitative estimate of drug-likeness (QED) is 0.638. The largest absolute Gasteiger partial charge is 0.487 e. The van der Waals surface area contributed by atoms with Crippen molar-refractivity contribution in [1.82, 2.24) is 0 Å². The van der Waals surface area contributed by atoms with E-state index in [0.717, 1.165) is 37.2 Å². The van der Waals surface area contributed by atoms with E-state index >= 15 is 0 Å². The lowest BCUT2D eigenvalue weighted by atomic mass is 10.1. The van der Waals surface area contributed by atoms with Gasteiger partial charge in [-0.1, -0.05) is 0 Å². The lowest BCUT2D eigenvalue weighted by Crippen LogP contribution is -2.19. The Kier molecular flexibility index (Phi) is 2.80. The summed E-state index contributed by atoms with van der Waals surface area (Å²) >= 11 is 0. The summed E-state index contributed by atoms with van der Waals surface area (Å²) in [6.45, 7) is 4.22. The van der Waals surface area contributed by atoms with Gasteiger partial charge in [-0.15, -0.1) is 0 Å². The Hall–Kier alpha value is -0.920. The average molecular weight is 194 g/mol. The van der Waals surface area contributed by atoms with Crippen LogP contribution in [0.25, 0.3) is 0 Å². The average Bonchev–Trinajstić information content (AvgIpc) is 2.18. The van der Waals surface area contributed by atoms with Gasteiger partial charge in [0, 0.05) is 0 Å². The van der Waals surface area contributed by atoms with Crippen molar-refractivity contribution in [2.45, 2.75) is 51.7 Å². The fourth-order valence-electron chi connectivity index (χ4n) is 1.86. The van der Waals surface area contributed by atoms with Gasteiger partial charge in [0.25, 0.3) is 0 Å². The van der Waals surface area contributed by atoms with Crippen LogP contribution in [0.2, 0.25) is 0 Å². The predicted molar refractivity (Wildman–Crippen MR) is 55.7 cm³/mol. The Labute approximate surface area is 85.6 Å². The molecule has 0 aliphatic carbocycles. The predicted octanol–water partition coefficient (Wildman–Crippen LogP) is 3.15. The molecule has 0 radical (unpaired) electrons. The third-order valence-corrected chi connectivity index (χ3v) is 2.71. The Morgan fingerprint density at radius 3 is 1.71 bits per heavy atom. The van der Waals surface area contributed by atoms with Gasteiger partial charge >= 0.3 is 0 Å².